The Bertz CT molecular complexity index is 1890. The maximum Gasteiger partial charge on any atom is 0.251 e. The molecule has 4 aliphatic rings. The Balaban J connectivity index is 1.31. The van der Waals surface area contributed by atoms with Gasteiger partial charge in [-0.1, -0.05) is 51.1 Å². The molecule has 3 aromatic rings. The van der Waals surface area contributed by atoms with Gasteiger partial charge in [-0.15, -0.1) is 0 Å². The highest BCUT2D eigenvalue weighted by molar-refractivity contribution is 5.97. The number of methoxy groups -OCH3 is 1. The highest BCUT2D eigenvalue weighted by Gasteiger charge is 2.57. The van der Waals surface area contributed by atoms with Crippen molar-refractivity contribution in [3.63, 3.8) is 0 Å². The van der Waals surface area contributed by atoms with Crippen LogP contribution in [0, 0.1) is 34.9 Å². The van der Waals surface area contributed by atoms with Crippen LogP contribution in [0.5, 0.6) is 5.75 Å². The molecule has 2 amide bonds. The number of rotatable bonds is 15. The smallest absolute Gasteiger partial charge is 0.251 e. The second-order valence-corrected chi connectivity index (χ2v) is 17.7. The highest BCUT2D eigenvalue weighted by Crippen LogP contribution is 2.61. The van der Waals surface area contributed by atoms with Gasteiger partial charge in [0.2, 0.25) is 5.91 Å². The minimum absolute atomic E-state index is 0.0100. The van der Waals surface area contributed by atoms with Gasteiger partial charge in [0.1, 0.15) is 17.6 Å². The second kappa shape index (κ2) is 17.4. The number of aliphatic hydroxyl groups excluding tert-OH is 1. The molecular formula is C45H63FN6O5. The predicted molar refractivity (Wildman–Crippen MR) is 222 cm³/mol. The van der Waals surface area contributed by atoms with Gasteiger partial charge in [0.15, 0.2) is 0 Å². The van der Waals surface area contributed by atoms with Crippen LogP contribution in [0.15, 0.2) is 60.7 Å². The Kier molecular flexibility index (Phi) is 13.0. The van der Waals surface area contributed by atoms with E-state index in [2.05, 4.69) is 48.4 Å². The minimum Gasteiger partial charge on any atom is -0.496 e. The first-order valence-corrected chi connectivity index (χ1v) is 20.3. The maximum atomic E-state index is 16.1. The molecule has 4 fully saturated rings. The zero-order valence-electron chi connectivity index (χ0n) is 35.1. The number of nitrogens with one attached hydrogen (secondary N) is 2. The number of anilines is 1. The fraction of sp³-hybridized carbons (Fsp3) is 0.556. The molecule has 0 spiro atoms. The molecule has 3 saturated carbocycles. The molecule has 9 atom stereocenters. The fourth-order valence-corrected chi connectivity index (χ4v) is 9.82. The van der Waals surface area contributed by atoms with Crippen molar-refractivity contribution in [2.75, 3.05) is 53.3 Å². The molecule has 0 radical (unpaired) electrons. The summed E-state index contributed by atoms with van der Waals surface area (Å²) in [6.07, 6.45) is 1.15. The van der Waals surface area contributed by atoms with Crippen molar-refractivity contribution in [2.45, 2.75) is 83.8 Å². The van der Waals surface area contributed by atoms with Crippen LogP contribution in [0.4, 0.5) is 10.1 Å². The minimum atomic E-state index is -0.928. The number of fused-ring (bicyclic) bond motifs is 2. The van der Waals surface area contributed by atoms with Gasteiger partial charge >= 0.3 is 0 Å². The molecule has 57 heavy (non-hydrogen) atoms. The van der Waals surface area contributed by atoms with Crippen LogP contribution < -0.4 is 26.0 Å². The summed E-state index contributed by atoms with van der Waals surface area (Å²) >= 11 is 0. The summed E-state index contributed by atoms with van der Waals surface area (Å²) in [5.74, 6) is -0.0739. The lowest BCUT2D eigenvalue weighted by Gasteiger charge is -2.62. The normalized spacial score (nSPS) is 26.4. The standard InChI is InChI=1S/C45H63FN6O5/c1-26-36-21-31(45(36,3)4)22-38(26)49-44(55)41-40(27(2)53)39(23-47)57-52(41)25-35-37(46)16-15-34(42(35)56-9)29-18-30(20-33(19-29)51(7)8)43(54)48-32(24-50(5)6)17-28-13-11-10-12-14-28/h10-16,18-20,26-27,31-32,36,38-41,53H,17,21-25,47H2,1-9H3,(H,48,54)(H,49,55)/t26-,27-,31+,32-,36-,38-,39-,40+,41-/m0/s1. The number of likely N-dealkylation sites (N-methyl/N-ethyl adjacent to an activating group) is 1. The molecule has 310 valence electrons. The van der Waals surface area contributed by atoms with Gasteiger partial charge in [0.05, 0.1) is 25.9 Å². The number of nitrogens with two attached hydrogens (primary N) is 1. The molecule has 3 aliphatic carbocycles. The molecule has 5 N–H and O–H groups in total. The molecule has 3 aromatic carbocycles. The summed E-state index contributed by atoms with van der Waals surface area (Å²) in [6.45, 7) is 9.05. The number of amides is 2. The summed E-state index contributed by atoms with van der Waals surface area (Å²) in [7, 11) is 9.25. The topological polar surface area (TPSA) is 133 Å². The second-order valence-electron chi connectivity index (χ2n) is 17.7. The van der Waals surface area contributed by atoms with E-state index in [9.17, 15) is 14.7 Å². The van der Waals surface area contributed by atoms with Crippen molar-refractivity contribution in [3.05, 3.63) is 83.2 Å². The average Bonchev–Trinajstić information content (AvgIpc) is 3.54. The van der Waals surface area contributed by atoms with Crippen LogP contribution in [0.3, 0.4) is 0 Å². The number of hydrogen-bond acceptors (Lipinski definition) is 9. The molecule has 7 rings (SSSR count). The number of hydrogen-bond donors (Lipinski definition) is 4. The molecule has 1 aliphatic heterocycles. The summed E-state index contributed by atoms with van der Waals surface area (Å²) in [6, 6.07) is 17.6. The van der Waals surface area contributed by atoms with E-state index in [0.29, 0.717) is 47.4 Å². The molecule has 0 aromatic heterocycles. The number of nitrogens with zero attached hydrogens (tertiary/aromatic N) is 3. The summed E-state index contributed by atoms with van der Waals surface area (Å²) in [4.78, 5) is 38.6. The molecular weight excluding hydrogens is 724 g/mol. The number of hydroxylamine groups is 2. The number of carbonyl (C=O) groups is 2. The van der Waals surface area contributed by atoms with Gasteiger partial charge in [0, 0.05) is 67.6 Å². The summed E-state index contributed by atoms with van der Waals surface area (Å²) < 4.78 is 22.1. The molecule has 0 unspecified atom stereocenters. The van der Waals surface area contributed by atoms with E-state index in [1.165, 1.54) is 24.7 Å². The Hall–Kier alpha value is -4.07. The van der Waals surface area contributed by atoms with Gasteiger partial charge in [-0.2, -0.15) is 5.06 Å². The molecule has 11 nitrogen and oxygen atoms in total. The van der Waals surface area contributed by atoms with Gasteiger partial charge in [-0.05, 0) is 105 Å². The van der Waals surface area contributed by atoms with Crippen LogP contribution in [0.2, 0.25) is 0 Å². The lowest BCUT2D eigenvalue weighted by molar-refractivity contribution is -0.176. The third kappa shape index (κ3) is 8.85. The number of benzene rings is 3. The predicted octanol–water partition coefficient (Wildman–Crippen LogP) is 5.10. The van der Waals surface area contributed by atoms with E-state index < -0.39 is 30.0 Å². The molecule has 1 heterocycles. The van der Waals surface area contributed by atoms with Crippen LogP contribution in [-0.4, -0.2) is 106 Å². The fourth-order valence-electron chi connectivity index (χ4n) is 9.82. The van der Waals surface area contributed by atoms with E-state index in [-0.39, 0.29) is 53.7 Å². The quantitative estimate of drug-likeness (QED) is 0.166. The number of carbonyl (C=O) groups excluding carboxylic acids is 2. The van der Waals surface area contributed by atoms with Gasteiger partial charge in [-0.25, -0.2) is 4.39 Å². The average molecular weight is 787 g/mol. The van der Waals surface area contributed by atoms with Crippen molar-refractivity contribution < 1.29 is 28.7 Å². The summed E-state index contributed by atoms with van der Waals surface area (Å²) in [5, 5.41) is 19.1. The first-order valence-electron chi connectivity index (χ1n) is 20.3. The van der Waals surface area contributed by atoms with Crippen LogP contribution >= 0.6 is 0 Å². The van der Waals surface area contributed by atoms with Crippen molar-refractivity contribution in [1.82, 2.24) is 20.6 Å². The van der Waals surface area contributed by atoms with Crippen molar-refractivity contribution >= 4 is 17.5 Å². The zero-order valence-corrected chi connectivity index (χ0v) is 35.1. The molecule has 1 saturated heterocycles. The largest absolute Gasteiger partial charge is 0.496 e. The Morgan fingerprint density at radius 2 is 1.81 bits per heavy atom. The Morgan fingerprint density at radius 1 is 1.09 bits per heavy atom. The van der Waals surface area contributed by atoms with Crippen LogP contribution in [-0.2, 0) is 22.6 Å². The number of aliphatic hydroxyl groups is 1. The van der Waals surface area contributed by atoms with E-state index in [1.54, 1.807) is 19.1 Å². The van der Waals surface area contributed by atoms with Gasteiger partial charge < -0.3 is 36.0 Å². The van der Waals surface area contributed by atoms with Crippen LogP contribution in [0.25, 0.3) is 11.1 Å². The highest BCUT2D eigenvalue weighted by atomic mass is 19.1. The lowest BCUT2D eigenvalue weighted by Crippen LogP contribution is -2.62. The van der Waals surface area contributed by atoms with E-state index in [1.807, 2.05) is 63.4 Å². The summed E-state index contributed by atoms with van der Waals surface area (Å²) in [5.41, 5.74) is 10.2. The van der Waals surface area contributed by atoms with E-state index in [4.69, 9.17) is 15.3 Å². The van der Waals surface area contributed by atoms with Crippen molar-refractivity contribution in [2.24, 2.45) is 34.8 Å². The first kappa shape index (κ1) is 42.5. The molecule has 12 heteroatoms. The van der Waals surface area contributed by atoms with E-state index >= 15 is 4.39 Å². The van der Waals surface area contributed by atoms with Gasteiger partial charge in [0.25, 0.3) is 5.91 Å². The lowest BCUT2D eigenvalue weighted by atomic mass is 9.45. The van der Waals surface area contributed by atoms with Crippen molar-refractivity contribution in [1.29, 1.82) is 0 Å². The van der Waals surface area contributed by atoms with E-state index in [0.717, 1.165) is 17.7 Å². The third-order valence-corrected chi connectivity index (χ3v) is 13.1. The van der Waals surface area contributed by atoms with Crippen LogP contribution in [0.1, 0.15) is 62.0 Å². The molecule has 2 bridgehead atoms. The number of ether oxygens (including phenoxy) is 1. The Labute approximate surface area is 338 Å². The zero-order chi connectivity index (χ0) is 41.3. The van der Waals surface area contributed by atoms with Gasteiger partial charge in [-0.3, -0.25) is 14.4 Å². The third-order valence-electron chi connectivity index (χ3n) is 13.1. The SMILES string of the molecule is COc1c(-c2cc(C(=O)N[C@@H](Cc3ccccc3)CN(C)C)cc(N(C)C)c2)ccc(F)c1CN1O[C@@H](CN)[C@@H]([C@H](C)O)[C@H]1C(=O)N[C@H]1C[C@H]2C[C@@H]([C@@H]1C)C2(C)C. The number of halogens is 1. The monoisotopic (exact) mass is 786 g/mol. The van der Waals surface area contributed by atoms with Crippen molar-refractivity contribution in [3.8, 4) is 16.9 Å². The first-order chi connectivity index (χ1) is 27.0. The Morgan fingerprint density at radius 3 is 2.40 bits per heavy atom. The maximum absolute atomic E-state index is 16.1.